The molecule has 0 heterocycles. The molecule has 0 aliphatic heterocycles. The molecule has 3 atom stereocenters. The van der Waals surface area contributed by atoms with Crippen molar-refractivity contribution in [2.75, 3.05) is 5.32 Å². The Labute approximate surface area is 249 Å². The SMILES string of the molecule is CCC(C)N(C(=O)C(Cc1ccccc1)NC(=O)OC(C)(C)C)C(C(=O)Nc1c(C)cccc1C)c1cccc(O)c1. The van der Waals surface area contributed by atoms with Gasteiger partial charge >= 0.3 is 6.09 Å². The number of carbonyl (C=O) groups is 3. The van der Waals surface area contributed by atoms with Gasteiger partial charge < -0.3 is 25.4 Å². The second-order valence-electron chi connectivity index (χ2n) is 11.6. The summed E-state index contributed by atoms with van der Waals surface area (Å²) in [6.07, 6.45) is 0.00841. The van der Waals surface area contributed by atoms with Gasteiger partial charge in [0, 0.05) is 18.2 Å². The quantitative estimate of drug-likeness (QED) is 0.258. The summed E-state index contributed by atoms with van der Waals surface area (Å²) in [6.45, 7) is 12.9. The third-order valence-corrected chi connectivity index (χ3v) is 7.03. The number of aromatic hydroxyl groups is 1. The molecule has 0 aliphatic rings. The fraction of sp³-hybridized carbons (Fsp3) is 0.382. The normalized spacial score (nSPS) is 13.4. The van der Waals surface area contributed by atoms with E-state index >= 15 is 0 Å². The first-order valence-corrected chi connectivity index (χ1v) is 14.3. The lowest BCUT2D eigenvalue weighted by Gasteiger charge is -2.38. The molecular formula is C34H43N3O5. The molecule has 8 nitrogen and oxygen atoms in total. The molecule has 3 unspecified atom stereocenters. The van der Waals surface area contributed by atoms with Gasteiger partial charge in [0.05, 0.1) is 0 Å². The summed E-state index contributed by atoms with van der Waals surface area (Å²) in [6, 6.07) is 18.9. The van der Waals surface area contributed by atoms with Crippen molar-refractivity contribution in [1.82, 2.24) is 10.2 Å². The number of anilines is 1. The molecule has 3 N–H and O–H groups in total. The number of benzene rings is 3. The van der Waals surface area contributed by atoms with E-state index in [9.17, 15) is 19.5 Å². The van der Waals surface area contributed by atoms with E-state index in [1.807, 2.05) is 76.2 Å². The van der Waals surface area contributed by atoms with Crippen molar-refractivity contribution in [3.63, 3.8) is 0 Å². The zero-order valence-corrected chi connectivity index (χ0v) is 25.6. The zero-order chi connectivity index (χ0) is 31.0. The van der Waals surface area contributed by atoms with E-state index in [1.165, 1.54) is 17.0 Å². The molecular weight excluding hydrogens is 530 g/mol. The van der Waals surface area contributed by atoms with Crippen molar-refractivity contribution in [2.45, 2.75) is 85.0 Å². The average Bonchev–Trinajstić information content (AvgIpc) is 2.92. The second kappa shape index (κ2) is 14.0. The van der Waals surface area contributed by atoms with Crippen LogP contribution in [-0.4, -0.2) is 45.6 Å². The third kappa shape index (κ3) is 8.59. The number of ether oxygens (including phenoxy) is 1. The summed E-state index contributed by atoms with van der Waals surface area (Å²) >= 11 is 0. The molecule has 3 rings (SSSR count). The molecule has 0 aromatic heterocycles. The Bertz CT molecular complexity index is 1360. The predicted molar refractivity (Wildman–Crippen MR) is 165 cm³/mol. The Balaban J connectivity index is 2.11. The number of hydrogen-bond donors (Lipinski definition) is 3. The number of nitrogens with one attached hydrogen (secondary N) is 2. The lowest BCUT2D eigenvalue weighted by Crippen LogP contribution is -2.55. The average molecular weight is 574 g/mol. The minimum absolute atomic E-state index is 0.0263. The van der Waals surface area contributed by atoms with Crippen molar-refractivity contribution in [1.29, 1.82) is 0 Å². The van der Waals surface area contributed by atoms with Gasteiger partial charge in [0.1, 0.15) is 23.4 Å². The van der Waals surface area contributed by atoms with E-state index in [1.54, 1.807) is 32.9 Å². The number of amides is 3. The smallest absolute Gasteiger partial charge is 0.408 e. The first-order chi connectivity index (χ1) is 19.8. The minimum Gasteiger partial charge on any atom is -0.508 e. The number of rotatable bonds is 10. The van der Waals surface area contributed by atoms with Crippen LogP contribution in [0, 0.1) is 13.8 Å². The van der Waals surface area contributed by atoms with Crippen LogP contribution >= 0.6 is 0 Å². The Hall–Kier alpha value is -4.33. The van der Waals surface area contributed by atoms with E-state index in [2.05, 4.69) is 10.6 Å². The van der Waals surface area contributed by atoms with Crippen LogP contribution in [0.5, 0.6) is 5.75 Å². The maximum atomic E-state index is 14.6. The maximum Gasteiger partial charge on any atom is 0.408 e. The van der Waals surface area contributed by atoms with Gasteiger partial charge in [-0.05, 0) is 82.3 Å². The summed E-state index contributed by atoms with van der Waals surface area (Å²) in [4.78, 5) is 43.2. The molecule has 0 saturated carbocycles. The summed E-state index contributed by atoms with van der Waals surface area (Å²) in [5.41, 5.74) is 2.95. The van der Waals surface area contributed by atoms with E-state index in [0.29, 0.717) is 17.7 Å². The Morgan fingerprint density at radius 3 is 2.12 bits per heavy atom. The summed E-state index contributed by atoms with van der Waals surface area (Å²) in [5.74, 6) is -0.895. The number of phenolic OH excluding ortho intramolecular Hbond substituents is 1. The summed E-state index contributed by atoms with van der Waals surface area (Å²) in [7, 11) is 0. The topological polar surface area (TPSA) is 108 Å². The van der Waals surface area contributed by atoms with Crippen LogP contribution in [0.4, 0.5) is 10.5 Å². The molecule has 0 bridgehead atoms. The fourth-order valence-corrected chi connectivity index (χ4v) is 4.81. The van der Waals surface area contributed by atoms with Gasteiger partial charge in [0.2, 0.25) is 5.91 Å². The van der Waals surface area contributed by atoms with Gasteiger partial charge in [0.25, 0.3) is 5.91 Å². The van der Waals surface area contributed by atoms with Crippen molar-refractivity contribution >= 4 is 23.6 Å². The molecule has 3 aromatic carbocycles. The second-order valence-corrected chi connectivity index (χ2v) is 11.6. The van der Waals surface area contributed by atoms with Crippen LogP contribution in [0.25, 0.3) is 0 Å². The lowest BCUT2D eigenvalue weighted by atomic mass is 9.97. The molecule has 8 heteroatoms. The molecule has 42 heavy (non-hydrogen) atoms. The first kappa shape index (κ1) is 32.2. The van der Waals surface area contributed by atoms with Crippen LogP contribution in [0.15, 0.2) is 72.8 Å². The molecule has 0 spiro atoms. The van der Waals surface area contributed by atoms with Crippen LogP contribution in [-0.2, 0) is 20.7 Å². The van der Waals surface area contributed by atoms with Crippen LogP contribution in [0.3, 0.4) is 0 Å². The number of phenols is 1. The summed E-state index contributed by atoms with van der Waals surface area (Å²) < 4.78 is 5.50. The minimum atomic E-state index is -1.10. The van der Waals surface area contributed by atoms with Gasteiger partial charge in [-0.25, -0.2) is 4.79 Å². The van der Waals surface area contributed by atoms with E-state index in [0.717, 1.165) is 16.7 Å². The summed E-state index contributed by atoms with van der Waals surface area (Å²) in [5, 5.41) is 16.2. The van der Waals surface area contributed by atoms with Gasteiger partial charge in [-0.2, -0.15) is 0 Å². The van der Waals surface area contributed by atoms with Crippen molar-refractivity contribution in [2.24, 2.45) is 0 Å². The molecule has 0 saturated heterocycles. The van der Waals surface area contributed by atoms with Gasteiger partial charge in [-0.3, -0.25) is 9.59 Å². The number of alkyl carbamates (subject to hydrolysis) is 1. The molecule has 224 valence electrons. The van der Waals surface area contributed by atoms with Crippen molar-refractivity contribution < 1.29 is 24.2 Å². The van der Waals surface area contributed by atoms with Crippen LogP contribution in [0.2, 0.25) is 0 Å². The van der Waals surface area contributed by atoms with Crippen molar-refractivity contribution in [3.8, 4) is 5.75 Å². The monoisotopic (exact) mass is 573 g/mol. The Morgan fingerprint density at radius 2 is 1.55 bits per heavy atom. The number of para-hydroxylation sites is 1. The largest absolute Gasteiger partial charge is 0.508 e. The van der Waals surface area contributed by atoms with Crippen LogP contribution < -0.4 is 10.6 Å². The molecule has 3 amide bonds. The standard InChI is InChI=1S/C34H43N3O5/c1-8-24(4)37(32(40)28(20-25-16-10-9-11-17-25)35-33(41)42-34(5,6)7)30(26-18-13-19-27(38)21-26)31(39)36-29-22(2)14-12-15-23(29)3/h9-19,21,24,28,30,38H,8,20H2,1-7H3,(H,35,41)(H,36,39). The van der Waals surface area contributed by atoms with E-state index in [-0.39, 0.29) is 12.2 Å². The third-order valence-electron chi connectivity index (χ3n) is 7.03. The number of aryl methyl sites for hydroxylation is 2. The van der Waals surface area contributed by atoms with E-state index in [4.69, 9.17) is 4.74 Å². The molecule has 3 aromatic rings. The highest BCUT2D eigenvalue weighted by Gasteiger charge is 2.39. The van der Waals surface area contributed by atoms with Gasteiger partial charge in [-0.1, -0.05) is 67.6 Å². The molecule has 0 aliphatic carbocycles. The number of hydrogen-bond acceptors (Lipinski definition) is 5. The fourth-order valence-electron chi connectivity index (χ4n) is 4.81. The number of carbonyl (C=O) groups excluding carboxylic acids is 3. The first-order valence-electron chi connectivity index (χ1n) is 14.3. The molecule has 0 radical (unpaired) electrons. The van der Waals surface area contributed by atoms with Crippen LogP contribution in [0.1, 0.15) is 69.3 Å². The highest BCUT2D eigenvalue weighted by Crippen LogP contribution is 2.31. The lowest BCUT2D eigenvalue weighted by molar-refractivity contribution is -0.143. The maximum absolute atomic E-state index is 14.6. The van der Waals surface area contributed by atoms with Crippen molar-refractivity contribution in [3.05, 3.63) is 95.1 Å². The predicted octanol–water partition coefficient (Wildman–Crippen LogP) is 6.45. The molecule has 0 fully saturated rings. The van der Waals surface area contributed by atoms with E-state index < -0.39 is 41.6 Å². The number of nitrogens with zero attached hydrogens (tertiary/aromatic N) is 1. The van der Waals surface area contributed by atoms with Gasteiger partial charge in [-0.15, -0.1) is 0 Å². The van der Waals surface area contributed by atoms with Gasteiger partial charge in [0.15, 0.2) is 0 Å². The highest BCUT2D eigenvalue weighted by molar-refractivity contribution is 6.00. The Kier molecular flexibility index (Phi) is 10.8. The highest BCUT2D eigenvalue weighted by atomic mass is 16.6. The Morgan fingerprint density at radius 1 is 0.929 bits per heavy atom. The zero-order valence-electron chi connectivity index (χ0n) is 25.6.